The second-order valence-corrected chi connectivity index (χ2v) is 5.44. The minimum Gasteiger partial charge on any atom is -0.481 e. The Hall–Kier alpha value is -0.830. The van der Waals surface area contributed by atoms with Crippen molar-refractivity contribution >= 4 is 5.97 Å². The number of aliphatic carboxylic acids is 1. The SMILES string of the molecule is CCC/C(=C/CCC(C)CC(C)CN)CC(=O)O. The molecule has 0 amide bonds. The van der Waals surface area contributed by atoms with Crippen LogP contribution in [0.1, 0.15) is 59.3 Å². The lowest BCUT2D eigenvalue weighted by atomic mass is 9.93. The normalized spacial score (nSPS) is 15.4. The Kier molecular flexibility index (Phi) is 9.66. The van der Waals surface area contributed by atoms with Gasteiger partial charge < -0.3 is 10.8 Å². The molecule has 0 saturated heterocycles. The van der Waals surface area contributed by atoms with Crippen LogP contribution in [0.4, 0.5) is 0 Å². The van der Waals surface area contributed by atoms with Gasteiger partial charge >= 0.3 is 5.97 Å². The summed E-state index contributed by atoms with van der Waals surface area (Å²) in [5.74, 6) is 0.519. The molecule has 0 aliphatic carbocycles. The third-order valence-electron chi connectivity index (χ3n) is 3.25. The fourth-order valence-corrected chi connectivity index (χ4v) is 2.25. The van der Waals surface area contributed by atoms with Gasteiger partial charge in [0.15, 0.2) is 0 Å². The number of hydrogen-bond donors (Lipinski definition) is 2. The van der Waals surface area contributed by atoms with Crippen molar-refractivity contribution in [1.82, 2.24) is 0 Å². The lowest BCUT2D eigenvalue weighted by molar-refractivity contribution is -0.136. The summed E-state index contributed by atoms with van der Waals surface area (Å²) in [4.78, 5) is 10.7. The average molecular weight is 255 g/mol. The summed E-state index contributed by atoms with van der Waals surface area (Å²) in [6.45, 7) is 7.26. The molecule has 0 bridgehead atoms. The first-order valence-electron chi connectivity index (χ1n) is 7.09. The highest BCUT2D eigenvalue weighted by atomic mass is 16.4. The molecule has 3 nitrogen and oxygen atoms in total. The van der Waals surface area contributed by atoms with Gasteiger partial charge in [0.2, 0.25) is 0 Å². The molecule has 0 aromatic rings. The molecule has 0 radical (unpaired) electrons. The van der Waals surface area contributed by atoms with Crippen LogP contribution in [0.2, 0.25) is 0 Å². The van der Waals surface area contributed by atoms with Gasteiger partial charge in [0.25, 0.3) is 0 Å². The lowest BCUT2D eigenvalue weighted by Gasteiger charge is -2.15. The summed E-state index contributed by atoms with van der Waals surface area (Å²) in [5.41, 5.74) is 6.69. The van der Waals surface area contributed by atoms with Gasteiger partial charge in [0.1, 0.15) is 0 Å². The fourth-order valence-electron chi connectivity index (χ4n) is 2.25. The van der Waals surface area contributed by atoms with Crippen LogP contribution in [-0.4, -0.2) is 17.6 Å². The number of carboxylic acids is 1. The van der Waals surface area contributed by atoms with E-state index in [1.807, 2.05) is 0 Å². The quantitative estimate of drug-likeness (QED) is 0.586. The van der Waals surface area contributed by atoms with Crippen LogP contribution in [-0.2, 0) is 4.79 Å². The van der Waals surface area contributed by atoms with Crippen LogP contribution >= 0.6 is 0 Å². The summed E-state index contributed by atoms with van der Waals surface area (Å²) >= 11 is 0. The van der Waals surface area contributed by atoms with E-state index in [2.05, 4.69) is 26.8 Å². The maximum atomic E-state index is 10.7. The number of carboxylic acid groups (broad SMARTS) is 1. The largest absolute Gasteiger partial charge is 0.481 e. The van der Waals surface area contributed by atoms with Gasteiger partial charge in [-0.2, -0.15) is 0 Å². The molecule has 0 aromatic carbocycles. The molecule has 0 aliphatic rings. The van der Waals surface area contributed by atoms with Crippen LogP contribution < -0.4 is 5.73 Å². The number of hydrogen-bond acceptors (Lipinski definition) is 2. The Bertz CT molecular complexity index is 261. The van der Waals surface area contributed by atoms with Gasteiger partial charge in [0.05, 0.1) is 6.42 Å². The third-order valence-corrected chi connectivity index (χ3v) is 3.25. The topological polar surface area (TPSA) is 63.3 Å². The molecule has 0 spiro atoms. The predicted molar refractivity (Wildman–Crippen MR) is 76.5 cm³/mol. The summed E-state index contributed by atoms with van der Waals surface area (Å²) in [6.07, 6.45) is 7.51. The maximum Gasteiger partial charge on any atom is 0.307 e. The van der Waals surface area contributed by atoms with E-state index >= 15 is 0 Å². The minimum atomic E-state index is -0.723. The second kappa shape index (κ2) is 10.1. The smallest absolute Gasteiger partial charge is 0.307 e. The summed E-state index contributed by atoms with van der Waals surface area (Å²) in [7, 11) is 0. The van der Waals surface area contributed by atoms with Crippen molar-refractivity contribution in [1.29, 1.82) is 0 Å². The van der Waals surface area contributed by atoms with Crippen molar-refractivity contribution in [2.24, 2.45) is 17.6 Å². The monoisotopic (exact) mass is 255 g/mol. The second-order valence-electron chi connectivity index (χ2n) is 5.44. The minimum absolute atomic E-state index is 0.196. The molecule has 0 heterocycles. The van der Waals surface area contributed by atoms with Gasteiger partial charge in [-0.15, -0.1) is 0 Å². The standard InChI is InChI=1S/C15H29NO2/c1-4-6-14(10-15(17)18)8-5-7-12(2)9-13(3)11-16/h8,12-13H,4-7,9-11,16H2,1-3H3,(H,17,18)/b14-8-. The van der Waals surface area contributed by atoms with Crippen LogP contribution in [0.25, 0.3) is 0 Å². The van der Waals surface area contributed by atoms with E-state index in [-0.39, 0.29) is 6.42 Å². The predicted octanol–water partition coefficient (Wildman–Crippen LogP) is 3.59. The Morgan fingerprint density at radius 3 is 2.50 bits per heavy atom. The summed E-state index contributed by atoms with van der Waals surface area (Å²) in [6, 6.07) is 0. The van der Waals surface area contributed by atoms with E-state index in [0.717, 1.165) is 44.2 Å². The number of allylic oxidation sites excluding steroid dienone is 1. The van der Waals surface area contributed by atoms with Crippen molar-refractivity contribution in [2.75, 3.05) is 6.54 Å². The molecule has 3 heteroatoms. The molecule has 2 atom stereocenters. The Labute approximate surface area is 111 Å². The van der Waals surface area contributed by atoms with Crippen molar-refractivity contribution in [3.05, 3.63) is 11.6 Å². The summed E-state index contributed by atoms with van der Waals surface area (Å²) < 4.78 is 0. The average Bonchev–Trinajstić information content (AvgIpc) is 2.28. The van der Waals surface area contributed by atoms with E-state index < -0.39 is 5.97 Å². The summed E-state index contributed by atoms with van der Waals surface area (Å²) in [5, 5.41) is 8.82. The van der Waals surface area contributed by atoms with E-state index in [1.54, 1.807) is 0 Å². The Balaban J connectivity index is 4.04. The van der Waals surface area contributed by atoms with Gasteiger partial charge in [0, 0.05) is 0 Å². The van der Waals surface area contributed by atoms with Crippen LogP contribution in [0, 0.1) is 11.8 Å². The molecule has 18 heavy (non-hydrogen) atoms. The van der Waals surface area contributed by atoms with Crippen molar-refractivity contribution in [3.63, 3.8) is 0 Å². The van der Waals surface area contributed by atoms with Crippen molar-refractivity contribution in [3.8, 4) is 0 Å². The number of nitrogens with two attached hydrogens (primary N) is 1. The molecular weight excluding hydrogens is 226 g/mol. The lowest BCUT2D eigenvalue weighted by Crippen LogP contribution is -2.13. The zero-order valence-electron chi connectivity index (χ0n) is 12.1. The zero-order chi connectivity index (χ0) is 14.0. The molecule has 0 rings (SSSR count). The molecular formula is C15H29NO2. The highest BCUT2D eigenvalue weighted by Gasteiger charge is 2.07. The molecule has 106 valence electrons. The van der Waals surface area contributed by atoms with Gasteiger partial charge in [-0.1, -0.05) is 38.8 Å². The third kappa shape index (κ3) is 9.23. The first kappa shape index (κ1) is 17.2. The molecule has 0 aliphatic heterocycles. The molecule has 2 unspecified atom stereocenters. The molecule has 3 N–H and O–H groups in total. The van der Waals surface area contributed by atoms with Crippen molar-refractivity contribution in [2.45, 2.75) is 59.3 Å². The van der Waals surface area contributed by atoms with Crippen LogP contribution in [0.3, 0.4) is 0 Å². The number of rotatable bonds is 10. The highest BCUT2D eigenvalue weighted by Crippen LogP contribution is 2.18. The van der Waals surface area contributed by atoms with Crippen LogP contribution in [0.5, 0.6) is 0 Å². The number of carbonyl (C=O) groups is 1. The van der Waals surface area contributed by atoms with Gasteiger partial charge in [-0.05, 0) is 44.1 Å². The first-order valence-corrected chi connectivity index (χ1v) is 7.09. The molecule has 0 saturated carbocycles. The van der Waals surface area contributed by atoms with E-state index in [9.17, 15) is 4.79 Å². The zero-order valence-corrected chi connectivity index (χ0v) is 12.1. The van der Waals surface area contributed by atoms with E-state index in [4.69, 9.17) is 10.8 Å². The van der Waals surface area contributed by atoms with Gasteiger partial charge in [-0.3, -0.25) is 4.79 Å². The molecule has 0 fully saturated rings. The molecule has 0 aromatic heterocycles. The highest BCUT2D eigenvalue weighted by molar-refractivity contribution is 5.69. The van der Waals surface area contributed by atoms with Crippen molar-refractivity contribution < 1.29 is 9.90 Å². The first-order chi connectivity index (χ1) is 8.49. The maximum absolute atomic E-state index is 10.7. The Morgan fingerprint density at radius 1 is 1.33 bits per heavy atom. The van der Waals surface area contributed by atoms with Gasteiger partial charge in [-0.25, -0.2) is 0 Å². The van der Waals surface area contributed by atoms with E-state index in [0.29, 0.717) is 11.8 Å². The fraction of sp³-hybridized carbons (Fsp3) is 0.800. The van der Waals surface area contributed by atoms with Crippen LogP contribution in [0.15, 0.2) is 11.6 Å². The Morgan fingerprint density at radius 2 is 2.00 bits per heavy atom. The van der Waals surface area contributed by atoms with E-state index in [1.165, 1.54) is 0 Å².